The van der Waals surface area contributed by atoms with E-state index in [0.717, 1.165) is 18.7 Å². The van der Waals surface area contributed by atoms with E-state index in [1.54, 1.807) is 0 Å². The fourth-order valence-corrected chi connectivity index (χ4v) is 1.60. The molecule has 1 heterocycles. The maximum atomic E-state index is 8.76. The van der Waals surface area contributed by atoms with Crippen LogP contribution in [0.25, 0.3) is 0 Å². The number of hydrogen-bond donors (Lipinski definition) is 1. The van der Waals surface area contributed by atoms with E-state index in [1.165, 1.54) is 0 Å². The number of ether oxygens (including phenoxy) is 1. The van der Waals surface area contributed by atoms with Crippen molar-refractivity contribution in [1.82, 2.24) is 5.32 Å². The molecular formula is C11H12N2O. The van der Waals surface area contributed by atoms with Gasteiger partial charge in [0.05, 0.1) is 30.9 Å². The van der Waals surface area contributed by atoms with Crippen LogP contribution in [0.1, 0.15) is 17.2 Å². The lowest BCUT2D eigenvalue weighted by Gasteiger charge is -2.24. The summed E-state index contributed by atoms with van der Waals surface area (Å²) in [6, 6.07) is 10.0. The summed E-state index contributed by atoms with van der Waals surface area (Å²) in [5.41, 5.74) is 1.83. The Morgan fingerprint density at radius 1 is 1.50 bits per heavy atom. The van der Waals surface area contributed by atoms with Crippen molar-refractivity contribution >= 4 is 0 Å². The second-order valence-corrected chi connectivity index (χ2v) is 3.32. The first kappa shape index (κ1) is 9.20. The van der Waals surface area contributed by atoms with Gasteiger partial charge in [-0.3, -0.25) is 0 Å². The van der Waals surface area contributed by atoms with Crippen LogP contribution in [-0.2, 0) is 4.74 Å². The van der Waals surface area contributed by atoms with E-state index < -0.39 is 0 Å². The maximum absolute atomic E-state index is 8.76. The van der Waals surface area contributed by atoms with Crippen molar-refractivity contribution in [2.75, 3.05) is 19.8 Å². The zero-order valence-electron chi connectivity index (χ0n) is 7.86. The lowest BCUT2D eigenvalue weighted by atomic mass is 10.0. The monoisotopic (exact) mass is 188 g/mol. The lowest BCUT2D eigenvalue weighted by molar-refractivity contribution is 0.0769. The van der Waals surface area contributed by atoms with Gasteiger partial charge in [-0.15, -0.1) is 0 Å². The Kier molecular flexibility index (Phi) is 2.78. The summed E-state index contributed by atoms with van der Waals surface area (Å²) in [5, 5.41) is 12.1. The maximum Gasteiger partial charge on any atom is 0.0991 e. The third kappa shape index (κ3) is 1.92. The number of nitrogens with one attached hydrogen (secondary N) is 1. The fraction of sp³-hybridized carbons (Fsp3) is 0.364. The van der Waals surface area contributed by atoms with E-state index in [0.29, 0.717) is 12.2 Å². The number of rotatable bonds is 1. The lowest BCUT2D eigenvalue weighted by Crippen LogP contribution is -2.34. The molecule has 0 aromatic heterocycles. The molecule has 0 bridgehead atoms. The Labute approximate surface area is 83.3 Å². The molecule has 1 aliphatic heterocycles. The van der Waals surface area contributed by atoms with Crippen LogP contribution in [0.5, 0.6) is 0 Å². The molecule has 0 amide bonds. The molecule has 14 heavy (non-hydrogen) atoms. The third-order valence-electron chi connectivity index (χ3n) is 2.34. The molecule has 72 valence electrons. The first-order valence-electron chi connectivity index (χ1n) is 4.71. The summed E-state index contributed by atoms with van der Waals surface area (Å²) >= 11 is 0. The second kappa shape index (κ2) is 4.23. The summed E-state index contributed by atoms with van der Waals surface area (Å²) < 4.78 is 5.36. The van der Waals surface area contributed by atoms with Gasteiger partial charge >= 0.3 is 0 Å². The van der Waals surface area contributed by atoms with Crippen molar-refractivity contribution < 1.29 is 4.74 Å². The Morgan fingerprint density at radius 3 is 3.14 bits per heavy atom. The fourth-order valence-electron chi connectivity index (χ4n) is 1.60. The van der Waals surface area contributed by atoms with Gasteiger partial charge in [0.25, 0.3) is 0 Å². The minimum Gasteiger partial charge on any atom is -0.378 e. The van der Waals surface area contributed by atoms with Gasteiger partial charge in [0, 0.05) is 6.54 Å². The summed E-state index contributed by atoms with van der Waals surface area (Å²) in [6.07, 6.45) is 0. The van der Waals surface area contributed by atoms with E-state index in [1.807, 2.05) is 24.3 Å². The van der Waals surface area contributed by atoms with Crippen LogP contribution >= 0.6 is 0 Å². The summed E-state index contributed by atoms with van der Waals surface area (Å²) in [7, 11) is 0. The number of nitrogens with zero attached hydrogens (tertiary/aromatic N) is 1. The van der Waals surface area contributed by atoms with Crippen LogP contribution in [-0.4, -0.2) is 19.8 Å². The van der Waals surface area contributed by atoms with E-state index in [4.69, 9.17) is 10.00 Å². The predicted octanol–water partition coefficient (Wildman–Crippen LogP) is 1.22. The average molecular weight is 188 g/mol. The third-order valence-corrected chi connectivity index (χ3v) is 2.34. The van der Waals surface area contributed by atoms with Gasteiger partial charge in [0.15, 0.2) is 0 Å². The van der Waals surface area contributed by atoms with Gasteiger partial charge in [0.1, 0.15) is 0 Å². The quantitative estimate of drug-likeness (QED) is 0.720. The van der Waals surface area contributed by atoms with Gasteiger partial charge in [0.2, 0.25) is 0 Å². The highest BCUT2D eigenvalue weighted by atomic mass is 16.5. The first-order chi connectivity index (χ1) is 6.90. The Balaban J connectivity index is 2.18. The molecular weight excluding hydrogens is 176 g/mol. The van der Waals surface area contributed by atoms with E-state index in [9.17, 15) is 0 Å². The van der Waals surface area contributed by atoms with Crippen LogP contribution in [0.15, 0.2) is 24.3 Å². The minimum atomic E-state index is 0.233. The molecule has 1 saturated heterocycles. The molecule has 0 aliphatic carbocycles. The molecule has 3 nitrogen and oxygen atoms in total. The van der Waals surface area contributed by atoms with E-state index >= 15 is 0 Å². The molecule has 0 saturated carbocycles. The zero-order valence-corrected chi connectivity index (χ0v) is 7.86. The van der Waals surface area contributed by atoms with Crippen molar-refractivity contribution in [1.29, 1.82) is 5.26 Å². The SMILES string of the molecule is N#Cc1cccc([C@@H]2COCCN2)c1. The van der Waals surface area contributed by atoms with Crippen LogP contribution < -0.4 is 5.32 Å². The van der Waals surface area contributed by atoms with Gasteiger partial charge < -0.3 is 10.1 Å². The molecule has 2 rings (SSSR count). The highest BCUT2D eigenvalue weighted by Gasteiger charge is 2.14. The van der Waals surface area contributed by atoms with Gasteiger partial charge in [-0.1, -0.05) is 12.1 Å². The number of benzene rings is 1. The predicted molar refractivity (Wildman–Crippen MR) is 52.7 cm³/mol. The van der Waals surface area contributed by atoms with E-state index in [2.05, 4.69) is 11.4 Å². The number of hydrogen-bond acceptors (Lipinski definition) is 3. The average Bonchev–Trinajstić information content (AvgIpc) is 2.30. The van der Waals surface area contributed by atoms with Gasteiger partial charge in [-0.2, -0.15) is 5.26 Å². The second-order valence-electron chi connectivity index (χ2n) is 3.32. The van der Waals surface area contributed by atoms with Crippen LogP contribution in [0.3, 0.4) is 0 Å². The molecule has 0 unspecified atom stereocenters. The summed E-state index contributed by atoms with van der Waals surface area (Å²) in [4.78, 5) is 0. The van der Waals surface area contributed by atoms with Crippen molar-refractivity contribution in [3.05, 3.63) is 35.4 Å². The van der Waals surface area contributed by atoms with Crippen molar-refractivity contribution in [2.24, 2.45) is 0 Å². The highest BCUT2D eigenvalue weighted by Crippen LogP contribution is 2.16. The molecule has 1 aliphatic rings. The van der Waals surface area contributed by atoms with Crippen LogP contribution in [0, 0.1) is 11.3 Å². The molecule has 1 aromatic rings. The van der Waals surface area contributed by atoms with Gasteiger partial charge in [-0.25, -0.2) is 0 Å². The Morgan fingerprint density at radius 2 is 2.43 bits per heavy atom. The summed E-state index contributed by atoms with van der Waals surface area (Å²) in [6.45, 7) is 2.34. The van der Waals surface area contributed by atoms with Crippen molar-refractivity contribution in [2.45, 2.75) is 6.04 Å². The number of nitriles is 1. The molecule has 1 atom stereocenters. The molecule has 3 heteroatoms. The van der Waals surface area contributed by atoms with E-state index in [-0.39, 0.29) is 6.04 Å². The summed E-state index contributed by atoms with van der Waals surface area (Å²) in [5.74, 6) is 0. The van der Waals surface area contributed by atoms with Gasteiger partial charge in [-0.05, 0) is 17.7 Å². The highest BCUT2D eigenvalue weighted by molar-refractivity contribution is 5.34. The molecule has 1 N–H and O–H groups in total. The topological polar surface area (TPSA) is 45.0 Å². The Bertz CT molecular complexity index is 351. The number of morpholine rings is 1. The molecule has 1 aromatic carbocycles. The van der Waals surface area contributed by atoms with Crippen molar-refractivity contribution in [3.63, 3.8) is 0 Å². The molecule has 0 spiro atoms. The smallest absolute Gasteiger partial charge is 0.0991 e. The largest absolute Gasteiger partial charge is 0.378 e. The van der Waals surface area contributed by atoms with Crippen LogP contribution in [0.2, 0.25) is 0 Å². The van der Waals surface area contributed by atoms with Crippen molar-refractivity contribution in [3.8, 4) is 6.07 Å². The zero-order chi connectivity index (χ0) is 9.80. The first-order valence-corrected chi connectivity index (χ1v) is 4.71. The normalized spacial score (nSPS) is 21.5. The molecule has 1 fully saturated rings. The minimum absolute atomic E-state index is 0.233. The standard InChI is InChI=1S/C11H12N2O/c12-7-9-2-1-3-10(6-9)11-8-14-5-4-13-11/h1-3,6,11,13H,4-5,8H2/t11-/m0/s1. The van der Waals surface area contributed by atoms with Crippen LogP contribution in [0.4, 0.5) is 0 Å². The Hall–Kier alpha value is -1.37. The molecule has 0 radical (unpaired) electrons.